The third-order valence-electron chi connectivity index (χ3n) is 1.23. The molecule has 1 rings (SSSR count). The van der Waals surface area contributed by atoms with Crippen LogP contribution in [0.1, 0.15) is 0 Å². The van der Waals surface area contributed by atoms with Gasteiger partial charge in [0.15, 0.2) is 0 Å². The van der Waals surface area contributed by atoms with E-state index in [1.54, 1.807) is 22.4 Å². The van der Waals surface area contributed by atoms with E-state index in [0.29, 0.717) is 4.47 Å². The number of rotatable bonds is 2. The average molecular weight is 271 g/mol. The predicted octanol–water partition coefficient (Wildman–Crippen LogP) is 1.88. The van der Waals surface area contributed by atoms with Crippen molar-refractivity contribution < 1.29 is 8.42 Å². The van der Waals surface area contributed by atoms with Gasteiger partial charge >= 0.3 is 0 Å². The van der Waals surface area contributed by atoms with Crippen molar-refractivity contribution in [3.05, 3.63) is 28.7 Å². The molecule has 1 aromatic carbocycles. The Morgan fingerprint density at radius 3 is 2.42 bits per heavy atom. The van der Waals surface area contributed by atoms with Crippen LogP contribution in [0.3, 0.4) is 0 Å². The molecule has 1 N–H and O–H groups in total. The highest BCUT2D eigenvalue weighted by Crippen LogP contribution is 2.20. The molecular formula is C6H5BrClNO2S. The van der Waals surface area contributed by atoms with Gasteiger partial charge in [0.05, 0.1) is 4.90 Å². The lowest BCUT2D eigenvalue weighted by molar-refractivity contribution is 0.593. The van der Waals surface area contributed by atoms with E-state index in [1.165, 1.54) is 6.07 Å². The fourth-order valence-corrected chi connectivity index (χ4v) is 2.54. The van der Waals surface area contributed by atoms with Crippen molar-refractivity contribution in [1.29, 1.82) is 0 Å². The molecule has 0 saturated heterocycles. The van der Waals surface area contributed by atoms with E-state index in [-0.39, 0.29) is 4.90 Å². The largest absolute Gasteiger partial charge is 0.255 e. The Bertz CT molecular complexity index is 379. The Morgan fingerprint density at radius 1 is 1.33 bits per heavy atom. The molecular weight excluding hydrogens is 265 g/mol. The number of sulfonamides is 1. The lowest BCUT2D eigenvalue weighted by Crippen LogP contribution is -2.13. The minimum atomic E-state index is -3.56. The highest BCUT2D eigenvalue weighted by atomic mass is 79.9. The number of hydrogen-bond acceptors (Lipinski definition) is 2. The number of benzene rings is 1. The van der Waals surface area contributed by atoms with Crippen molar-refractivity contribution in [1.82, 2.24) is 4.24 Å². The first-order valence-corrected chi connectivity index (χ1v) is 5.60. The fourth-order valence-electron chi connectivity index (χ4n) is 0.704. The molecule has 0 atom stereocenters. The molecule has 0 fully saturated rings. The molecule has 0 unspecified atom stereocenters. The van der Waals surface area contributed by atoms with Gasteiger partial charge < -0.3 is 0 Å². The summed E-state index contributed by atoms with van der Waals surface area (Å²) >= 11 is 8.14. The average Bonchev–Trinajstić information content (AvgIpc) is 2.05. The summed E-state index contributed by atoms with van der Waals surface area (Å²) in [6.45, 7) is 0. The smallest absolute Gasteiger partial charge is 0.206 e. The molecule has 66 valence electrons. The van der Waals surface area contributed by atoms with Crippen molar-refractivity contribution in [2.24, 2.45) is 0 Å². The van der Waals surface area contributed by atoms with Crippen LogP contribution in [0.5, 0.6) is 0 Å². The molecule has 0 amide bonds. The molecule has 0 aliphatic carbocycles. The third kappa shape index (κ3) is 1.98. The van der Waals surface area contributed by atoms with Gasteiger partial charge in [-0.05, 0) is 39.8 Å². The molecule has 3 nitrogen and oxygen atoms in total. The van der Waals surface area contributed by atoms with Gasteiger partial charge in [0.2, 0.25) is 0 Å². The van der Waals surface area contributed by atoms with Crippen LogP contribution in [0.15, 0.2) is 33.6 Å². The minimum Gasteiger partial charge on any atom is -0.206 e. The normalized spacial score (nSPS) is 11.5. The number of hydrogen-bond donors (Lipinski definition) is 1. The van der Waals surface area contributed by atoms with Crippen LogP contribution in [0.25, 0.3) is 0 Å². The fraction of sp³-hybridized carbons (Fsp3) is 0. The predicted molar refractivity (Wildman–Crippen MR) is 50.3 cm³/mol. The van der Waals surface area contributed by atoms with Crippen LogP contribution in [-0.2, 0) is 10.0 Å². The molecule has 0 aliphatic heterocycles. The number of halogens is 2. The van der Waals surface area contributed by atoms with Gasteiger partial charge in [-0.1, -0.05) is 12.1 Å². The molecule has 0 radical (unpaired) electrons. The van der Waals surface area contributed by atoms with Gasteiger partial charge in [-0.25, -0.2) is 8.42 Å². The minimum absolute atomic E-state index is 0.125. The Labute approximate surface area is 84.0 Å². The maximum atomic E-state index is 11.1. The van der Waals surface area contributed by atoms with Crippen LogP contribution < -0.4 is 4.24 Å². The summed E-state index contributed by atoms with van der Waals surface area (Å²) in [4.78, 5) is 0.125. The SMILES string of the molecule is O=S(=O)(NCl)c1ccccc1Br. The van der Waals surface area contributed by atoms with Crippen molar-refractivity contribution in [2.75, 3.05) is 0 Å². The lowest BCUT2D eigenvalue weighted by atomic mass is 10.4. The second-order valence-electron chi connectivity index (χ2n) is 2.01. The van der Waals surface area contributed by atoms with Gasteiger partial charge in [-0.2, -0.15) is 0 Å². The Kier molecular flexibility index (Phi) is 3.11. The molecule has 0 aliphatic rings. The maximum Gasteiger partial charge on any atom is 0.255 e. The van der Waals surface area contributed by atoms with Crippen LogP contribution in [0, 0.1) is 0 Å². The molecule has 12 heavy (non-hydrogen) atoms. The third-order valence-corrected chi connectivity index (χ3v) is 3.93. The summed E-state index contributed by atoms with van der Waals surface area (Å²) in [5, 5.41) is 0. The summed E-state index contributed by atoms with van der Waals surface area (Å²) < 4.78 is 24.5. The van der Waals surface area contributed by atoms with Crippen LogP contribution >= 0.6 is 27.7 Å². The first-order valence-electron chi connectivity index (χ1n) is 2.95. The summed E-state index contributed by atoms with van der Waals surface area (Å²) in [6.07, 6.45) is 0. The van der Waals surface area contributed by atoms with Crippen LogP contribution in [-0.4, -0.2) is 8.42 Å². The van der Waals surface area contributed by atoms with E-state index < -0.39 is 10.0 Å². The topological polar surface area (TPSA) is 46.2 Å². The lowest BCUT2D eigenvalue weighted by Gasteiger charge is -2.01. The van der Waals surface area contributed by atoms with Gasteiger partial charge in [0, 0.05) is 4.47 Å². The van der Waals surface area contributed by atoms with E-state index in [2.05, 4.69) is 15.9 Å². The molecule has 6 heteroatoms. The molecule has 0 aromatic heterocycles. The zero-order chi connectivity index (χ0) is 9.19. The molecule has 0 heterocycles. The zero-order valence-corrected chi connectivity index (χ0v) is 8.95. The van der Waals surface area contributed by atoms with E-state index in [0.717, 1.165) is 0 Å². The monoisotopic (exact) mass is 269 g/mol. The summed E-state index contributed by atoms with van der Waals surface area (Å²) in [5.74, 6) is 0. The Morgan fingerprint density at radius 2 is 1.92 bits per heavy atom. The highest BCUT2D eigenvalue weighted by molar-refractivity contribution is 9.10. The van der Waals surface area contributed by atoms with E-state index in [4.69, 9.17) is 11.8 Å². The van der Waals surface area contributed by atoms with Crippen molar-refractivity contribution >= 4 is 37.7 Å². The zero-order valence-electron chi connectivity index (χ0n) is 5.79. The second kappa shape index (κ2) is 3.74. The molecule has 0 saturated carbocycles. The molecule has 1 aromatic rings. The number of nitrogens with one attached hydrogen (secondary N) is 1. The van der Waals surface area contributed by atoms with Gasteiger partial charge in [-0.3, -0.25) is 0 Å². The molecule has 0 spiro atoms. The summed E-state index contributed by atoms with van der Waals surface area (Å²) in [5.41, 5.74) is 0. The van der Waals surface area contributed by atoms with Crippen molar-refractivity contribution in [3.63, 3.8) is 0 Å². The Hall–Kier alpha value is -0.100. The van der Waals surface area contributed by atoms with E-state index in [9.17, 15) is 8.42 Å². The quantitative estimate of drug-likeness (QED) is 0.834. The highest BCUT2D eigenvalue weighted by Gasteiger charge is 2.14. The second-order valence-corrected chi connectivity index (χ2v) is 4.93. The molecule has 0 bridgehead atoms. The van der Waals surface area contributed by atoms with Gasteiger partial charge in [-0.15, -0.1) is 4.24 Å². The van der Waals surface area contributed by atoms with Crippen molar-refractivity contribution in [2.45, 2.75) is 4.90 Å². The Balaban J connectivity index is 3.30. The first-order chi connectivity index (χ1) is 5.58. The maximum absolute atomic E-state index is 11.1. The summed E-state index contributed by atoms with van der Waals surface area (Å²) in [7, 11) is -3.56. The first kappa shape index (κ1) is 9.98. The van der Waals surface area contributed by atoms with E-state index >= 15 is 0 Å². The van der Waals surface area contributed by atoms with Crippen LogP contribution in [0.2, 0.25) is 0 Å². The van der Waals surface area contributed by atoms with Crippen LogP contribution in [0.4, 0.5) is 0 Å². The van der Waals surface area contributed by atoms with Gasteiger partial charge in [0.25, 0.3) is 10.0 Å². The van der Waals surface area contributed by atoms with Crippen molar-refractivity contribution in [3.8, 4) is 0 Å². The standard InChI is InChI=1S/C6H5BrClNO2S/c7-5-3-1-2-4-6(5)12(10,11)9-8/h1-4,9H. The van der Waals surface area contributed by atoms with Gasteiger partial charge in [0.1, 0.15) is 0 Å². The summed E-state index contributed by atoms with van der Waals surface area (Å²) in [6, 6.07) is 6.42. The van der Waals surface area contributed by atoms with E-state index in [1.807, 2.05) is 0 Å².